The fourth-order valence-corrected chi connectivity index (χ4v) is 2.30. The zero-order chi connectivity index (χ0) is 14.5. The highest BCUT2D eigenvalue weighted by Gasteiger charge is 2.10. The summed E-state index contributed by atoms with van der Waals surface area (Å²) in [4.78, 5) is 11.7. The maximum atomic E-state index is 11.6. The fraction of sp³-hybridized carbons (Fsp3) is 0.462. The summed E-state index contributed by atoms with van der Waals surface area (Å²) < 4.78 is 22.1. The van der Waals surface area contributed by atoms with Gasteiger partial charge in [0.25, 0.3) is 9.05 Å². The van der Waals surface area contributed by atoms with Gasteiger partial charge in [0, 0.05) is 23.1 Å². The Kier molecular flexibility index (Phi) is 5.82. The Morgan fingerprint density at radius 3 is 2.37 bits per heavy atom. The van der Waals surface area contributed by atoms with Crippen LogP contribution in [0.5, 0.6) is 0 Å². The van der Waals surface area contributed by atoms with Crippen LogP contribution < -0.4 is 5.32 Å². The first-order valence-corrected chi connectivity index (χ1v) is 8.47. The van der Waals surface area contributed by atoms with E-state index in [4.69, 9.17) is 10.7 Å². The Labute approximate surface area is 118 Å². The molecule has 1 rings (SSSR count). The second-order valence-electron chi connectivity index (χ2n) is 4.46. The van der Waals surface area contributed by atoms with Crippen molar-refractivity contribution in [3.8, 4) is 0 Å². The lowest BCUT2D eigenvalue weighted by atomic mass is 10.1. The van der Waals surface area contributed by atoms with Crippen molar-refractivity contribution in [2.45, 2.75) is 44.0 Å². The number of halogens is 1. The minimum absolute atomic E-state index is 0.00314. The van der Waals surface area contributed by atoms with Crippen LogP contribution in [0.15, 0.2) is 29.2 Å². The quantitative estimate of drug-likeness (QED) is 0.821. The smallest absolute Gasteiger partial charge is 0.261 e. The maximum Gasteiger partial charge on any atom is 0.261 e. The third-order valence-electron chi connectivity index (χ3n) is 2.87. The molecule has 0 bridgehead atoms. The lowest BCUT2D eigenvalue weighted by Crippen LogP contribution is -2.31. The summed E-state index contributed by atoms with van der Waals surface area (Å²) >= 11 is 0. The van der Waals surface area contributed by atoms with E-state index in [9.17, 15) is 13.2 Å². The van der Waals surface area contributed by atoms with Crippen LogP contribution in [0.4, 0.5) is 0 Å². The highest BCUT2D eigenvalue weighted by atomic mass is 35.7. The predicted octanol–water partition coefficient (Wildman–Crippen LogP) is 2.46. The van der Waals surface area contributed by atoms with E-state index >= 15 is 0 Å². The molecule has 0 aliphatic heterocycles. The van der Waals surface area contributed by atoms with Gasteiger partial charge in [-0.25, -0.2) is 8.42 Å². The van der Waals surface area contributed by atoms with Gasteiger partial charge in [-0.3, -0.25) is 4.79 Å². The van der Waals surface area contributed by atoms with Gasteiger partial charge in [0.05, 0.1) is 4.90 Å². The molecule has 0 heterocycles. The maximum absolute atomic E-state index is 11.6. The summed E-state index contributed by atoms with van der Waals surface area (Å²) in [5, 5.41) is 2.88. The van der Waals surface area contributed by atoms with E-state index in [2.05, 4.69) is 5.32 Å². The molecule has 1 aromatic carbocycles. The average molecular weight is 304 g/mol. The molecule has 1 N–H and O–H groups in total. The van der Waals surface area contributed by atoms with Gasteiger partial charge in [-0.05, 0) is 37.5 Å². The molecule has 0 aliphatic rings. The third kappa shape index (κ3) is 5.61. The van der Waals surface area contributed by atoms with E-state index in [1.54, 1.807) is 12.1 Å². The number of carbonyl (C=O) groups excluding carboxylic acids is 1. The van der Waals surface area contributed by atoms with Crippen molar-refractivity contribution < 1.29 is 13.2 Å². The SMILES string of the molecule is CCC(C)NC(=O)CCc1ccc(S(=O)(=O)Cl)cc1. The minimum atomic E-state index is -3.68. The molecule has 0 aromatic heterocycles. The van der Waals surface area contributed by atoms with Crippen LogP contribution in [-0.2, 0) is 20.3 Å². The van der Waals surface area contributed by atoms with Crippen LogP contribution in [0.25, 0.3) is 0 Å². The van der Waals surface area contributed by atoms with E-state index in [1.807, 2.05) is 13.8 Å². The highest BCUT2D eigenvalue weighted by molar-refractivity contribution is 8.13. The van der Waals surface area contributed by atoms with Crippen LogP contribution in [-0.4, -0.2) is 20.4 Å². The molecule has 4 nitrogen and oxygen atoms in total. The van der Waals surface area contributed by atoms with Crippen molar-refractivity contribution >= 4 is 25.6 Å². The normalized spacial score (nSPS) is 13.0. The summed E-state index contributed by atoms with van der Waals surface area (Å²) in [6.07, 6.45) is 1.86. The number of benzene rings is 1. The van der Waals surface area contributed by atoms with Crippen LogP contribution in [0.1, 0.15) is 32.3 Å². The molecule has 106 valence electrons. The number of amides is 1. The third-order valence-corrected chi connectivity index (χ3v) is 4.24. The molecule has 0 saturated carbocycles. The molecule has 1 amide bonds. The Bertz CT molecular complexity index is 525. The number of hydrogen-bond donors (Lipinski definition) is 1. The van der Waals surface area contributed by atoms with Gasteiger partial charge < -0.3 is 5.32 Å². The summed E-state index contributed by atoms with van der Waals surface area (Å²) in [6, 6.07) is 6.42. The molecule has 1 atom stereocenters. The highest BCUT2D eigenvalue weighted by Crippen LogP contribution is 2.15. The fourth-order valence-electron chi connectivity index (χ4n) is 1.53. The van der Waals surface area contributed by atoms with E-state index in [-0.39, 0.29) is 16.8 Å². The monoisotopic (exact) mass is 303 g/mol. The molecule has 0 saturated heterocycles. The zero-order valence-electron chi connectivity index (χ0n) is 11.0. The van der Waals surface area contributed by atoms with Crippen molar-refractivity contribution in [3.63, 3.8) is 0 Å². The Morgan fingerprint density at radius 1 is 1.32 bits per heavy atom. The molecule has 0 aliphatic carbocycles. The first-order chi connectivity index (χ1) is 8.82. The number of rotatable bonds is 6. The van der Waals surface area contributed by atoms with Crippen molar-refractivity contribution in [1.82, 2.24) is 5.32 Å². The molecule has 0 spiro atoms. The lowest BCUT2D eigenvalue weighted by Gasteiger charge is -2.11. The summed E-state index contributed by atoms with van der Waals surface area (Å²) in [5.41, 5.74) is 0.906. The van der Waals surface area contributed by atoms with Crippen LogP contribution in [0.3, 0.4) is 0 Å². The van der Waals surface area contributed by atoms with Crippen LogP contribution in [0.2, 0.25) is 0 Å². The molecule has 1 unspecified atom stereocenters. The standard InChI is InChI=1S/C13H18ClNO3S/c1-3-10(2)15-13(16)9-6-11-4-7-12(8-5-11)19(14,17)18/h4-5,7-8,10H,3,6,9H2,1-2H3,(H,15,16). The van der Waals surface area contributed by atoms with Gasteiger partial charge in [0.15, 0.2) is 0 Å². The first-order valence-electron chi connectivity index (χ1n) is 6.16. The second kappa shape index (κ2) is 6.91. The Balaban J connectivity index is 2.53. The van der Waals surface area contributed by atoms with Gasteiger partial charge in [-0.15, -0.1) is 0 Å². The summed E-state index contributed by atoms with van der Waals surface area (Å²) in [7, 11) is 1.54. The molecule has 6 heteroatoms. The van der Waals surface area contributed by atoms with Crippen molar-refractivity contribution in [2.24, 2.45) is 0 Å². The van der Waals surface area contributed by atoms with Gasteiger partial charge in [0.2, 0.25) is 5.91 Å². The molecule has 1 aromatic rings. The van der Waals surface area contributed by atoms with E-state index in [1.165, 1.54) is 12.1 Å². The number of nitrogens with one attached hydrogen (secondary N) is 1. The predicted molar refractivity (Wildman–Crippen MR) is 75.7 cm³/mol. The van der Waals surface area contributed by atoms with E-state index < -0.39 is 9.05 Å². The van der Waals surface area contributed by atoms with Gasteiger partial charge in [-0.2, -0.15) is 0 Å². The zero-order valence-corrected chi connectivity index (χ0v) is 12.6. The molecule has 0 radical (unpaired) electrons. The first kappa shape index (κ1) is 16.0. The largest absolute Gasteiger partial charge is 0.354 e. The molecular weight excluding hydrogens is 286 g/mol. The topological polar surface area (TPSA) is 63.2 Å². The van der Waals surface area contributed by atoms with Gasteiger partial charge in [-0.1, -0.05) is 19.1 Å². The Hall–Kier alpha value is -1.07. The van der Waals surface area contributed by atoms with Crippen LogP contribution >= 0.6 is 10.7 Å². The van der Waals surface area contributed by atoms with Crippen molar-refractivity contribution in [1.29, 1.82) is 0 Å². The molecular formula is C13H18ClNO3S. The average Bonchev–Trinajstić information content (AvgIpc) is 2.35. The molecule has 0 fully saturated rings. The van der Waals surface area contributed by atoms with E-state index in [0.717, 1.165) is 12.0 Å². The molecule has 19 heavy (non-hydrogen) atoms. The summed E-state index contributed by atoms with van der Waals surface area (Å²) in [5.74, 6) is 0.00314. The Morgan fingerprint density at radius 2 is 1.89 bits per heavy atom. The van der Waals surface area contributed by atoms with Gasteiger partial charge >= 0.3 is 0 Å². The van der Waals surface area contributed by atoms with Crippen molar-refractivity contribution in [2.75, 3.05) is 0 Å². The number of hydrogen-bond acceptors (Lipinski definition) is 3. The second-order valence-corrected chi connectivity index (χ2v) is 7.02. The van der Waals surface area contributed by atoms with Crippen LogP contribution in [0, 0.1) is 0 Å². The lowest BCUT2D eigenvalue weighted by molar-refractivity contribution is -0.121. The van der Waals surface area contributed by atoms with Gasteiger partial charge in [0.1, 0.15) is 0 Å². The van der Waals surface area contributed by atoms with E-state index in [0.29, 0.717) is 12.8 Å². The number of aryl methyl sites for hydroxylation is 1. The van der Waals surface area contributed by atoms with Crippen molar-refractivity contribution in [3.05, 3.63) is 29.8 Å². The number of carbonyl (C=O) groups is 1. The summed E-state index contributed by atoms with van der Waals surface area (Å²) in [6.45, 7) is 3.97. The minimum Gasteiger partial charge on any atom is -0.354 e.